The molecule has 0 saturated carbocycles. The van der Waals surface area contributed by atoms with Gasteiger partial charge in [0, 0.05) is 19.6 Å². The molecule has 2 rings (SSSR count). The van der Waals surface area contributed by atoms with Crippen LogP contribution in [-0.4, -0.2) is 15.6 Å². The van der Waals surface area contributed by atoms with Crippen LogP contribution in [0.3, 0.4) is 0 Å². The molecule has 0 unspecified atom stereocenters. The first-order chi connectivity index (χ1) is 9.56. The Kier molecular flexibility index (Phi) is 5.20. The van der Waals surface area contributed by atoms with E-state index in [4.69, 9.17) is 4.74 Å². The van der Waals surface area contributed by atoms with Crippen LogP contribution >= 0.6 is 15.9 Å². The van der Waals surface area contributed by atoms with Crippen LogP contribution in [-0.2, 0) is 20.2 Å². The van der Waals surface area contributed by atoms with Gasteiger partial charge in [0.1, 0.15) is 12.4 Å². The highest BCUT2D eigenvalue weighted by Crippen LogP contribution is 2.26. The summed E-state index contributed by atoms with van der Waals surface area (Å²) in [6.07, 6.45) is 3.59. The van der Waals surface area contributed by atoms with Crippen LogP contribution in [0, 0.1) is 0 Å². The van der Waals surface area contributed by atoms with Crippen LogP contribution in [0.15, 0.2) is 35.2 Å². The molecule has 0 amide bonds. The smallest absolute Gasteiger partial charge is 0.134 e. The average molecular weight is 338 g/mol. The van der Waals surface area contributed by atoms with E-state index in [1.54, 1.807) is 6.33 Å². The lowest BCUT2D eigenvalue weighted by atomic mass is 10.2. The Balaban J connectivity index is 1.97. The van der Waals surface area contributed by atoms with Gasteiger partial charge in [0.15, 0.2) is 0 Å². The predicted octanol–water partition coefficient (Wildman–Crippen LogP) is 3.26. The van der Waals surface area contributed by atoms with Gasteiger partial charge in [0.25, 0.3) is 0 Å². The number of rotatable bonds is 6. The third kappa shape index (κ3) is 4.08. The molecular weight excluding hydrogens is 318 g/mol. The molecular formula is C15H20BrN3O. The molecule has 0 atom stereocenters. The number of aryl methyl sites for hydroxylation is 1. The largest absolute Gasteiger partial charge is 0.486 e. The van der Waals surface area contributed by atoms with Gasteiger partial charge in [-0.3, -0.25) is 0 Å². The summed E-state index contributed by atoms with van der Waals surface area (Å²) in [7, 11) is 1.96. The summed E-state index contributed by atoms with van der Waals surface area (Å²) in [5, 5.41) is 3.40. The minimum atomic E-state index is 0.481. The van der Waals surface area contributed by atoms with E-state index in [0.29, 0.717) is 12.6 Å². The molecule has 0 aliphatic heterocycles. The molecule has 0 aliphatic rings. The fourth-order valence-corrected chi connectivity index (χ4v) is 2.31. The van der Waals surface area contributed by atoms with Gasteiger partial charge in [-0.15, -0.1) is 0 Å². The third-order valence-corrected chi connectivity index (χ3v) is 3.62. The number of nitrogens with one attached hydrogen (secondary N) is 1. The molecule has 0 fully saturated rings. The Labute approximate surface area is 128 Å². The van der Waals surface area contributed by atoms with Crippen LogP contribution in [0.4, 0.5) is 0 Å². The van der Waals surface area contributed by atoms with E-state index in [9.17, 15) is 0 Å². The Bertz CT molecular complexity index is 566. The van der Waals surface area contributed by atoms with E-state index in [-0.39, 0.29) is 0 Å². The van der Waals surface area contributed by atoms with Crippen LogP contribution in [0.5, 0.6) is 5.75 Å². The molecule has 5 heteroatoms. The van der Waals surface area contributed by atoms with Crippen molar-refractivity contribution in [3.8, 4) is 5.75 Å². The number of aromatic nitrogens is 2. The number of benzene rings is 1. The van der Waals surface area contributed by atoms with Crippen LogP contribution < -0.4 is 10.1 Å². The van der Waals surface area contributed by atoms with Crippen LogP contribution in [0.25, 0.3) is 0 Å². The maximum Gasteiger partial charge on any atom is 0.134 e. The molecule has 0 aliphatic carbocycles. The summed E-state index contributed by atoms with van der Waals surface area (Å²) in [5.41, 5.74) is 2.28. The first kappa shape index (κ1) is 15.1. The molecule has 1 aromatic heterocycles. The minimum absolute atomic E-state index is 0.481. The minimum Gasteiger partial charge on any atom is -0.486 e. The maximum absolute atomic E-state index is 5.81. The van der Waals surface area contributed by atoms with E-state index in [1.807, 2.05) is 23.9 Å². The maximum atomic E-state index is 5.81. The van der Waals surface area contributed by atoms with E-state index in [2.05, 4.69) is 52.2 Å². The van der Waals surface area contributed by atoms with Crippen molar-refractivity contribution in [2.45, 2.75) is 33.0 Å². The number of halogens is 1. The van der Waals surface area contributed by atoms with Crippen molar-refractivity contribution in [1.29, 1.82) is 0 Å². The van der Waals surface area contributed by atoms with E-state index >= 15 is 0 Å². The highest BCUT2D eigenvalue weighted by molar-refractivity contribution is 9.10. The number of nitrogens with zero attached hydrogens (tertiary/aromatic N) is 2. The fraction of sp³-hybridized carbons (Fsp3) is 0.400. The van der Waals surface area contributed by atoms with Crippen molar-refractivity contribution in [3.05, 3.63) is 46.5 Å². The predicted molar refractivity (Wildman–Crippen MR) is 83.7 cm³/mol. The quantitative estimate of drug-likeness (QED) is 0.879. The summed E-state index contributed by atoms with van der Waals surface area (Å²) in [4.78, 5) is 4.07. The van der Waals surface area contributed by atoms with Crippen molar-refractivity contribution < 1.29 is 4.74 Å². The number of imidazole rings is 1. The zero-order chi connectivity index (χ0) is 14.5. The van der Waals surface area contributed by atoms with Gasteiger partial charge in [-0.2, -0.15) is 0 Å². The lowest BCUT2D eigenvalue weighted by molar-refractivity contribution is 0.295. The molecule has 1 aromatic carbocycles. The second kappa shape index (κ2) is 6.90. The lowest BCUT2D eigenvalue weighted by Gasteiger charge is -2.12. The molecule has 108 valence electrons. The van der Waals surface area contributed by atoms with Gasteiger partial charge in [-0.1, -0.05) is 19.9 Å². The lowest BCUT2D eigenvalue weighted by Crippen LogP contribution is -2.21. The van der Waals surface area contributed by atoms with Gasteiger partial charge < -0.3 is 14.6 Å². The first-order valence-electron chi connectivity index (χ1n) is 6.66. The molecule has 0 radical (unpaired) electrons. The molecule has 1 N–H and O–H groups in total. The summed E-state index contributed by atoms with van der Waals surface area (Å²) in [5.74, 6) is 0.847. The third-order valence-electron chi connectivity index (χ3n) is 3.00. The monoisotopic (exact) mass is 337 g/mol. The van der Waals surface area contributed by atoms with Crippen molar-refractivity contribution in [2.24, 2.45) is 7.05 Å². The molecule has 0 spiro atoms. The Morgan fingerprint density at radius 2 is 2.20 bits per heavy atom. The zero-order valence-electron chi connectivity index (χ0n) is 12.1. The van der Waals surface area contributed by atoms with Gasteiger partial charge >= 0.3 is 0 Å². The van der Waals surface area contributed by atoms with Crippen LogP contribution in [0.1, 0.15) is 25.1 Å². The number of hydrogen-bond acceptors (Lipinski definition) is 3. The first-order valence-corrected chi connectivity index (χ1v) is 7.45. The van der Waals surface area contributed by atoms with Crippen molar-refractivity contribution in [2.75, 3.05) is 0 Å². The summed E-state index contributed by atoms with van der Waals surface area (Å²) in [6.45, 7) is 5.65. The van der Waals surface area contributed by atoms with E-state index in [1.165, 1.54) is 5.56 Å². The number of hydrogen-bond donors (Lipinski definition) is 1. The molecule has 1 heterocycles. The highest BCUT2D eigenvalue weighted by atomic mass is 79.9. The van der Waals surface area contributed by atoms with Crippen molar-refractivity contribution in [3.63, 3.8) is 0 Å². The fourth-order valence-electron chi connectivity index (χ4n) is 1.77. The van der Waals surface area contributed by atoms with Gasteiger partial charge in [-0.25, -0.2) is 4.98 Å². The average Bonchev–Trinajstić information content (AvgIpc) is 2.81. The Morgan fingerprint density at radius 3 is 2.80 bits per heavy atom. The molecule has 0 saturated heterocycles. The van der Waals surface area contributed by atoms with Crippen LogP contribution in [0.2, 0.25) is 0 Å². The molecule has 20 heavy (non-hydrogen) atoms. The zero-order valence-corrected chi connectivity index (χ0v) is 13.6. The standard InChI is InChI=1S/C15H20BrN3O/c1-11(2)18-7-12-4-5-15(14(16)6-12)20-9-13-8-17-10-19(13)3/h4-6,8,10-11,18H,7,9H2,1-3H3. The van der Waals surface area contributed by atoms with Gasteiger partial charge in [0.05, 0.1) is 22.7 Å². The molecule has 4 nitrogen and oxygen atoms in total. The second-order valence-electron chi connectivity index (χ2n) is 5.08. The Morgan fingerprint density at radius 1 is 1.40 bits per heavy atom. The molecule has 0 bridgehead atoms. The summed E-state index contributed by atoms with van der Waals surface area (Å²) < 4.78 is 8.74. The van der Waals surface area contributed by atoms with Crippen molar-refractivity contribution in [1.82, 2.24) is 14.9 Å². The molecule has 2 aromatic rings. The van der Waals surface area contributed by atoms with E-state index in [0.717, 1.165) is 22.5 Å². The van der Waals surface area contributed by atoms with E-state index < -0.39 is 0 Å². The normalized spacial score (nSPS) is 11.1. The topological polar surface area (TPSA) is 39.1 Å². The van der Waals surface area contributed by atoms with Crippen molar-refractivity contribution >= 4 is 15.9 Å². The highest BCUT2D eigenvalue weighted by Gasteiger charge is 2.05. The van der Waals surface area contributed by atoms with Gasteiger partial charge in [-0.05, 0) is 33.6 Å². The SMILES string of the molecule is CC(C)NCc1ccc(OCc2cncn2C)c(Br)c1. The van der Waals surface area contributed by atoms with Gasteiger partial charge in [0.2, 0.25) is 0 Å². The summed E-state index contributed by atoms with van der Waals surface area (Å²) >= 11 is 3.56. The summed E-state index contributed by atoms with van der Waals surface area (Å²) in [6, 6.07) is 6.65. The second-order valence-corrected chi connectivity index (χ2v) is 5.94. The Hall–Kier alpha value is -1.33. The number of ether oxygens (including phenoxy) is 1.